The number of hydrogen-bond donors (Lipinski definition) is 1. The van der Waals surface area contributed by atoms with Gasteiger partial charge in [0.15, 0.2) is 11.5 Å². The minimum absolute atomic E-state index is 0.0261. The molecule has 0 saturated heterocycles. The molecule has 1 aliphatic heterocycles. The first-order valence-electron chi connectivity index (χ1n) is 7.69. The Morgan fingerprint density at radius 2 is 2.00 bits per heavy atom. The first-order valence-corrected chi connectivity index (χ1v) is 8.07. The summed E-state index contributed by atoms with van der Waals surface area (Å²) in [4.78, 5) is 12.5. The first-order chi connectivity index (χ1) is 12.8. The highest BCUT2D eigenvalue weighted by molar-refractivity contribution is 6.31. The van der Waals surface area contributed by atoms with E-state index >= 15 is 0 Å². The lowest BCUT2D eigenvalue weighted by Crippen LogP contribution is -2.14. The third kappa shape index (κ3) is 4.25. The number of amides is 1. The standard InChI is InChI=1S/C19H13ClF3NO3/c1-26-16-10-14(20)8-12-7-11(5-6-27-17(12)16)18(25)24-15-4-2-3-13(9-15)19(21,22)23/h2-10H,1H3,(H,24,25). The zero-order valence-electron chi connectivity index (χ0n) is 13.9. The lowest BCUT2D eigenvalue weighted by molar-refractivity contribution is -0.137. The summed E-state index contributed by atoms with van der Waals surface area (Å²) >= 11 is 6.04. The van der Waals surface area contributed by atoms with Gasteiger partial charge in [-0.05, 0) is 36.4 Å². The predicted octanol–water partition coefficient (Wildman–Crippen LogP) is 5.30. The van der Waals surface area contributed by atoms with E-state index in [2.05, 4.69) is 5.32 Å². The Morgan fingerprint density at radius 3 is 2.70 bits per heavy atom. The van der Waals surface area contributed by atoms with Crippen molar-refractivity contribution in [2.24, 2.45) is 0 Å². The molecular formula is C19H13ClF3NO3. The summed E-state index contributed by atoms with van der Waals surface area (Å²) in [5, 5.41) is 2.83. The second-order valence-corrected chi connectivity index (χ2v) is 6.02. The van der Waals surface area contributed by atoms with Crippen LogP contribution < -0.4 is 14.8 Å². The number of ether oxygens (including phenoxy) is 2. The van der Waals surface area contributed by atoms with Crippen molar-refractivity contribution in [2.45, 2.75) is 6.18 Å². The molecule has 4 nitrogen and oxygen atoms in total. The van der Waals surface area contributed by atoms with Crippen molar-refractivity contribution in [3.05, 3.63) is 70.5 Å². The topological polar surface area (TPSA) is 47.6 Å². The van der Waals surface area contributed by atoms with Crippen molar-refractivity contribution in [3.8, 4) is 11.5 Å². The average molecular weight is 396 g/mol. The van der Waals surface area contributed by atoms with Gasteiger partial charge >= 0.3 is 6.18 Å². The molecule has 1 amide bonds. The van der Waals surface area contributed by atoms with Gasteiger partial charge in [0.05, 0.1) is 18.9 Å². The van der Waals surface area contributed by atoms with Gasteiger partial charge in [-0.25, -0.2) is 0 Å². The maximum absolute atomic E-state index is 12.8. The van der Waals surface area contributed by atoms with E-state index in [-0.39, 0.29) is 11.3 Å². The van der Waals surface area contributed by atoms with Crippen molar-refractivity contribution in [1.29, 1.82) is 0 Å². The van der Waals surface area contributed by atoms with Gasteiger partial charge < -0.3 is 14.8 Å². The Morgan fingerprint density at radius 1 is 1.22 bits per heavy atom. The van der Waals surface area contributed by atoms with Crippen LogP contribution in [0, 0.1) is 0 Å². The van der Waals surface area contributed by atoms with Crippen molar-refractivity contribution < 1.29 is 27.4 Å². The van der Waals surface area contributed by atoms with Gasteiger partial charge in [0.25, 0.3) is 5.91 Å². The van der Waals surface area contributed by atoms with Crippen LogP contribution in [0.5, 0.6) is 11.5 Å². The molecule has 1 heterocycles. The number of nitrogens with one attached hydrogen (secondary N) is 1. The van der Waals surface area contributed by atoms with Gasteiger partial charge in [0.2, 0.25) is 0 Å². The number of halogens is 4. The number of fused-ring (bicyclic) bond motifs is 1. The van der Waals surface area contributed by atoms with Gasteiger partial charge in [0.1, 0.15) is 0 Å². The van der Waals surface area contributed by atoms with E-state index in [1.165, 1.54) is 37.7 Å². The molecule has 0 aliphatic carbocycles. The maximum atomic E-state index is 12.8. The summed E-state index contributed by atoms with van der Waals surface area (Å²) in [6.45, 7) is 0. The number of carbonyl (C=O) groups excluding carboxylic acids is 1. The highest BCUT2D eigenvalue weighted by atomic mass is 35.5. The molecule has 0 bridgehead atoms. The molecule has 0 spiro atoms. The summed E-state index contributed by atoms with van der Waals surface area (Å²) in [5.41, 5.74) is -0.150. The lowest BCUT2D eigenvalue weighted by Gasteiger charge is -2.11. The van der Waals surface area contributed by atoms with Crippen LogP contribution in [0.4, 0.5) is 18.9 Å². The number of benzene rings is 2. The van der Waals surface area contributed by atoms with Crippen LogP contribution in [-0.4, -0.2) is 13.0 Å². The van der Waals surface area contributed by atoms with Crippen molar-refractivity contribution in [1.82, 2.24) is 0 Å². The summed E-state index contributed by atoms with van der Waals surface area (Å²) in [6, 6.07) is 7.54. The van der Waals surface area contributed by atoms with Crippen LogP contribution in [0.3, 0.4) is 0 Å². The summed E-state index contributed by atoms with van der Waals surface area (Å²) < 4.78 is 49.1. The molecule has 140 valence electrons. The minimum Gasteiger partial charge on any atom is -0.493 e. The molecule has 0 fully saturated rings. The molecule has 0 aromatic heterocycles. The van der Waals surface area contributed by atoms with E-state index in [1.54, 1.807) is 12.1 Å². The second kappa shape index (κ2) is 7.36. The maximum Gasteiger partial charge on any atom is 0.416 e. The molecule has 2 aromatic rings. The van der Waals surface area contributed by atoms with Crippen LogP contribution in [0.1, 0.15) is 11.1 Å². The van der Waals surface area contributed by atoms with Crippen LogP contribution >= 0.6 is 11.6 Å². The van der Waals surface area contributed by atoms with E-state index in [4.69, 9.17) is 21.1 Å². The predicted molar refractivity (Wildman–Crippen MR) is 95.8 cm³/mol. The molecule has 0 saturated carbocycles. The van der Waals surface area contributed by atoms with Crippen molar-refractivity contribution >= 4 is 29.3 Å². The number of hydrogen-bond acceptors (Lipinski definition) is 3. The Labute approximate surface area is 157 Å². The normalized spacial score (nSPS) is 13.1. The summed E-state index contributed by atoms with van der Waals surface area (Å²) in [7, 11) is 1.45. The van der Waals surface area contributed by atoms with Crippen LogP contribution in [0.15, 0.2) is 54.3 Å². The van der Waals surface area contributed by atoms with Crippen molar-refractivity contribution in [3.63, 3.8) is 0 Å². The van der Waals surface area contributed by atoms with E-state index < -0.39 is 17.6 Å². The fourth-order valence-electron chi connectivity index (χ4n) is 2.48. The first kappa shape index (κ1) is 18.8. The van der Waals surface area contributed by atoms with Gasteiger partial charge in [-0.2, -0.15) is 13.2 Å². The SMILES string of the molecule is COc1cc(Cl)cc2c1OC=CC(C(=O)Nc1cccc(C(F)(F)F)c1)=C2. The van der Waals surface area contributed by atoms with Crippen LogP contribution in [0.25, 0.3) is 6.08 Å². The fraction of sp³-hybridized carbons (Fsp3) is 0.105. The summed E-state index contributed by atoms with van der Waals surface area (Å²) in [5.74, 6) is 0.166. The Balaban J connectivity index is 1.90. The van der Waals surface area contributed by atoms with Gasteiger partial charge in [0, 0.05) is 27.9 Å². The lowest BCUT2D eigenvalue weighted by atomic mass is 10.1. The van der Waals surface area contributed by atoms with Gasteiger partial charge in [-0.15, -0.1) is 0 Å². The van der Waals surface area contributed by atoms with Crippen LogP contribution in [-0.2, 0) is 11.0 Å². The molecule has 0 atom stereocenters. The van der Waals surface area contributed by atoms with E-state index in [1.807, 2.05) is 0 Å². The monoisotopic (exact) mass is 395 g/mol. The van der Waals surface area contributed by atoms with E-state index in [0.29, 0.717) is 22.1 Å². The van der Waals surface area contributed by atoms with E-state index in [0.717, 1.165) is 12.1 Å². The van der Waals surface area contributed by atoms with Gasteiger partial charge in [-0.1, -0.05) is 17.7 Å². The number of alkyl halides is 3. The molecule has 8 heteroatoms. The fourth-order valence-corrected chi connectivity index (χ4v) is 2.70. The third-order valence-electron chi connectivity index (χ3n) is 3.72. The van der Waals surface area contributed by atoms with E-state index in [9.17, 15) is 18.0 Å². The highest BCUT2D eigenvalue weighted by Crippen LogP contribution is 2.37. The Bertz CT molecular complexity index is 952. The number of methoxy groups -OCH3 is 1. The molecule has 2 aromatic carbocycles. The molecule has 0 radical (unpaired) electrons. The molecule has 27 heavy (non-hydrogen) atoms. The molecular weight excluding hydrogens is 383 g/mol. The molecule has 1 N–H and O–H groups in total. The number of anilines is 1. The Hall–Kier alpha value is -2.93. The smallest absolute Gasteiger partial charge is 0.416 e. The second-order valence-electron chi connectivity index (χ2n) is 5.58. The number of carbonyl (C=O) groups is 1. The van der Waals surface area contributed by atoms with Crippen LogP contribution in [0.2, 0.25) is 5.02 Å². The minimum atomic E-state index is -4.50. The molecule has 0 unspecified atom stereocenters. The summed E-state index contributed by atoms with van der Waals surface area (Å²) in [6.07, 6.45) is -0.297. The Kier molecular flexibility index (Phi) is 5.14. The quantitative estimate of drug-likeness (QED) is 0.767. The third-order valence-corrected chi connectivity index (χ3v) is 3.94. The molecule has 1 aliphatic rings. The largest absolute Gasteiger partial charge is 0.493 e. The molecule has 3 rings (SSSR count). The highest BCUT2D eigenvalue weighted by Gasteiger charge is 2.30. The van der Waals surface area contributed by atoms with Crippen molar-refractivity contribution in [2.75, 3.05) is 12.4 Å². The number of rotatable bonds is 3. The zero-order chi connectivity index (χ0) is 19.6. The average Bonchev–Trinajstić information content (AvgIpc) is 2.83. The van der Waals surface area contributed by atoms with Gasteiger partial charge in [-0.3, -0.25) is 4.79 Å². The zero-order valence-corrected chi connectivity index (χ0v) is 14.7.